The third-order valence-corrected chi connectivity index (χ3v) is 14.5. The van der Waals surface area contributed by atoms with Gasteiger partial charge >= 0.3 is 178 Å². The third-order valence-electron chi connectivity index (χ3n) is 4.41. The fourth-order valence-electron chi connectivity index (χ4n) is 3.07. The minimum absolute atomic E-state index is 0.937. The van der Waals surface area contributed by atoms with Crippen LogP contribution in [0, 0.1) is 0 Å². The van der Waals surface area contributed by atoms with Gasteiger partial charge in [-0.05, 0) is 0 Å². The SMILES string of the molecule is S=C(SP(=[Se])(c1ccccc1)c1ccccc1)c1cccc2ccccc12. The summed E-state index contributed by atoms with van der Waals surface area (Å²) in [5.74, 6) is 0. The molecule has 0 aliphatic rings. The number of hydrogen-bond acceptors (Lipinski definition) is 2. The molecule has 4 heteroatoms. The fourth-order valence-corrected chi connectivity index (χ4v) is 12.7. The standard InChI is InChI=1S/C23H17PS2Se/c25-23(22-17-9-11-18-10-7-8-16-21(18)22)26-24(27,19-12-3-1-4-13-19)20-14-5-2-6-15-20/h1-17H. The molecule has 0 saturated heterocycles. The van der Waals surface area contributed by atoms with Crippen LogP contribution in [0.2, 0.25) is 0 Å². The van der Waals surface area contributed by atoms with E-state index in [1.165, 1.54) is 21.4 Å². The van der Waals surface area contributed by atoms with E-state index in [2.05, 4.69) is 118 Å². The molecule has 132 valence electrons. The molecule has 27 heavy (non-hydrogen) atoms. The molecule has 4 rings (SSSR count). The Morgan fingerprint density at radius 1 is 0.667 bits per heavy atom. The number of fused-ring (bicyclic) bond motifs is 1. The van der Waals surface area contributed by atoms with E-state index in [0.717, 1.165) is 9.76 Å². The number of thiocarbonyl (C=S) groups is 1. The van der Waals surface area contributed by atoms with Gasteiger partial charge < -0.3 is 0 Å². The van der Waals surface area contributed by atoms with Crippen LogP contribution in [0.15, 0.2) is 103 Å². The van der Waals surface area contributed by atoms with Gasteiger partial charge in [-0.1, -0.05) is 0 Å². The van der Waals surface area contributed by atoms with Crippen LogP contribution in [0.5, 0.6) is 0 Å². The molecule has 0 unspecified atom stereocenters. The summed E-state index contributed by atoms with van der Waals surface area (Å²) in [5.41, 5.74) is 1.14. The van der Waals surface area contributed by atoms with Gasteiger partial charge in [0, 0.05) is 0 Å². The zero-order valence-electron chi connectivity index (χ0n) is 14.5. The van der Waals surface area contributed by atoms with Gasteiger partial charge in [0.25, 0.3) is 0 Å². The van der Waals surface area contributed by atoms with E-state index in [1.807, 2.05) is 11.4 Å². The van der Waals surface area contributed by atoms with Gasteiger partial charge in [-0.25, -0.2) is 0 Å². The van der Waals surface area contributed by atoms with E-state index >= 15 is 0 Å². The number of benzene rings is 4. The van der Waals surface area contributed by atoms with Crippen molar-refractivity contribution in [1.82, 2.24) is 0 Å². The molecule has 0 nitrogen and oxygen atoms in total. The van der Waals surface area contributed by atoms with E-state index in [1.54, 1.807) is 0 Å². The molecule has 0 aliphatic heterocycles. The molecule has 0 aliphatic carbocycles. The Bertz CT molecular complexity index is 1090. The van der Waals surface area contributed by atoms with Crippen LogP contribution in [0.25, 0.3) is 10.8 Å². The summed E-state index contributed by atoms with van der Waals surface area (Å²) >= 11 is 11.3. The molecule has 0 saturated carbocycles. The summed E-state index contributed by atoms with van der Waals surface area (Å²) < 4.78 is -0.887. The number of rotatable bonds is 4. The molecule has 0 aromatic heterocycles. The van der Waals surface area contributed by atoms with Crippen LogP contribution in [0.4, 0.5) is 0 Å². The van der Waals surface area contributed by atoms with Crippen LogP contribution >= 0.6 is 28.3 Å². The van der Waals surface area contributed by atoms with Crippen LogP contribution in [-0.4, -0.2) is 19.3 Å². The molecular formula is C23H17PS2Se. The molecule has 0 radical (unpaired) electrons. The predicted molar refractivity (Wildman–Crippen MR) is 128 cm³/mol. The summed E-state index contributed by atoms with van der Waals surface area (Å²) in [7, 11) is 0. The van der Waals surface area contributed by atoms with Crippen LogP contribution in [-0.2, 0) is 0 Å². The monoisotopic (exact) mass is 468 g/mol. The van der Waals surface area contributed by atoms with E-state index < -0.39 is 4.71 Å². The van der Waals surface area contributed by atoms with Gasteiger partial charge in [0.2, 0.25) is 0 Å². The Hall–Kier alpha value is -1.47. The molecule has 0 spiro atoms. The van der Waals surface area contributed by atoms with Crippen molar-refractivity contribution in [2.24, 2.45) is 0 Å². The maximum atomic E-state index is 5.97. The van der Waals surface area contributed by atoms with Crippen molar-refractivity contribution in [2.75, 3.05) is 0 Å². The van der Waals surface area contributed by atoms with Gasteiger partial charge in [-0.3, -0.25) is 0 Å². The Kier molecular flexibility index (Phi) is 5.78. The summed E-state index contributed by atoms with van der Waals surface area (Å²) in [4.78, 5) is 0. The van der Waals surface area contributed by atoms with Crippen molar-refractivity contribution in [2.45, 2.75) is 0 Å². The first-order valence-corrected chi connectivity index (χ1v) is 14.4. The van der Waals surface area contributed by atoms with E-state index in [9.17, 15) is 0 Å². The molecule has 0 atom stereocenters. The van der Waals surface area contributed by atoms with Crippen LogP contribution in [0.3, 0.4) is 0 Å². The van der Waals surface area contributed by atoms with E-state index in [-0.39, 0.29) is 0 Å². The normalized spacial score (nSPS) is 11.4. The van der Waals surface area contributed by atoms with Crippen molar-refractivity contribution >= 4 is 69.0 Å². The average Bonchev–Trinajstić information content (AvgIpc) is 2.74. The topological polar surface area (TPSA) is 0 Å². The van der Waals surface area contributed by atoms with Crippen LogP contribution in [0.1, 0.15) is 5.56 Å². The molecule has 0 fully saturated rings. The third kappa shape index (κ3) is 3.90. The van der Waals surface area contributed by atoms with Gasteiger partial charge in [0.15, 0.2) is 0 Å². The summed E-state index contributed by atoms with van der Waals surface area (Å²) in [6.07, 6.45) is 0. The van der Waals surface area contributed by atoms with Gasteiger partial charge in [-0.2, -0.15) is 0 Å². The summed E-state index contributed by atoms with van der Waals surface area (Å²) in [6, 6.07) is 36.2. The molecular weight excluding hydrogens is 450 g/mol. The zero-order chi connectivity index (χ0) is 18.7. The molecule has 4 aromatic rings. The quantitative estimate of drug-likeness (QED) is 0.208. The predicted octanol–water partition coefficient (Wildman–Crippen LogP) is 5.92. The maximum absolute atomic E-state index is 5.97. The summed E-state index contributed by atoms with van der Waals surface area (Å²) in [6.45, 7) is 0. The van der Waals surface area contributed by atoms with Gasteiger partial charge in [0.05, 0.1) is 0 Å². The van der Waals surface area contributed by atoms with Gasteiger partial charge in [-0.15, -0.1) is 0 Å². The Morgan fingerprint density at radius 3 is 1.81 bits per heavy atom. The van der Waals surface area contributed by atoms with E-state index in [0.29, 0.717) is 0 Å². The van der Waals surface area contributed by atoms with Crippen molar-refractivity contribution in [1.29, 1.82) is 0 Å². The van der Waals surface area contributed by atoms with Crippen LogP contribution < -0.4 is 10.6 Å². The second-order valence-electron chi connectivity index (χ2n) is 6.13. The van der Waals surface area contributed by atoms with E-state index in [4.69, 9.17) is 12.2 Å². The number of hydrogen-bond donors (Lipinski definition) is 0. The second-order valence-corrected chi connectivity index (χ2v) is 16.7. The average molecular weight is 467 g/mol. The second kappa shape index (κ2) is 8.27. The van der Waals surface area contributed by atoms with Gasteiger partial charge in [0.1, 0.15) is 0 Å². The van der Waals surface area contributed by atoms with Crippen molar-refractivity contribution < 1.29 is 0 Å². The van der Waals surface area contributed by atoms with Crippen molar-refractivity contribution in [3.05, 3.63) is 109 Å². The Labute approximate surface area is 177 Å². The molecule has 4 aromatic carbocycles. The molecule has 0 bridgehead atoms. The Morgan fingerprint density at radius 2 is 1.19 bits per heavy atom. The van der Waals surface area contributed by atoms with Crippen molar-refractivity contribution in [3.8, 4) is 0 Å². The fraction of sp³-hybridized carbons (Fsp3) is 0. The first-order valence-electron chi connectivity index (χ1n) is 8.61. The summed E-state index contributed by atoms with van der Waals surface area (Å²) in [5, 5.41) is 5.05. The molecule has 0 amide bonds. The van der Waals surface area contributed by atoms with Crippen molar-refractivity contribution in [3.63, 3.8) is 0 Å². The molecule has 0 N–H and O–H groups in total. The first-order chi connectivity index (χ1) is 13.2. The molecule has 0 heterocycles. The zero-order valence-corrected chi connectivity index (χ0v) is 18.7. The minimum atomic E-state index is -1.82. The Balaban J connectivity index is 1.81. The first kappa shape index (κ1) is 18.9.